The molecular weight excluding hydrogens is 256 g/mol. The van der Waals surface area contributed by atoms with Crippen molar-refractivity contribution in [2.45, 2.75) is 0 Å². The predicted octanol–water partition coefficient (Wildman–Crippen LogP) is 1.46. The summed E-state index contributed by atoms with van der Waals surface area (Å²) in [5.41, 5.74) is 0. The van der Waals surface area contributed by atoms with Crippen molar-refractivity contribution in [1.29, 1.82) is 0 Å². The van der Waals surface area contributed by atoms with Crippen LogP contribution in [0.25, 0.3) is 0 Å². The Morgan fingerprint density at radius 3 is 0.947 bits per heavy atom. The van der Waals surface area contributed by atoms with E-state index in [1.807, 2.05) is 36.5 Å². The normalized spacial score (nSPS) is 15.2. The molecule has 19 heavy (non-hydrogen) atoms. The van der Waals surface area contributed by atoms with Crippen molar-refractivity contribution in [3.05, 3.63) is 73.2 Å². The van der Waals surface area contributed by atoms with Gasteiger partial charge in [-0.15, -0.1) is 0 Å². The van der Waals surface area contributed by atoms with Crippen LogP contribution < -0.4 is 0 Å². The first-order valence-corrected chi connectivity index (χ1v) is 5.50. The molecule has 0 N–H and O–H groups in total. The fraction of sp³-hybridized carbons (Fsp3) is 0. The number of hydrogen-bond donors (Lipinski definition) is 0. The zero-order valence-corrected chi connectivity index (χ0v) is 11.4. The molecule has 0 saturated carbocycles. The van der Waals surface area contributed by atoms with Gasteiger partial charge in [0.05, 0.1) is 0 Å². The van der Waals surface area contributed by atoms with Crippen LogP contribution in [0.5, 0.6) is 0 Å². The Hall–Kier alpha value is -1.54. The average molecular weight is 268 g/mol. The minimum absolute atomic E-state index is 0. The second-order valence-electron chi connectivity index (χ2n) is 3.03. The molecular formula is C12H12B3O3P. The van der Waals surface area contributed by atoms with Gasteiger partial charge >= 0.3 is 9.90 Å². The van der Waals surface area contributed by atoms with Crippen LogP contribution >= 0.6 is 9.90 Å². The van der Waals surface area contributed by atoms with Crippen molar-refractivity contribution in [2.75, 3.05) is 0 Å². The summed E-state index contributed by atoms with van der Waals surface area (Å²) < 4.78 is 14.2. The third-order valence-corrected chi connectivity index (χ3v) is 1.67. The first kappa shape index (κ1) is 17.5. The van der Waals surface area contributed by atoms with E-state index in [1.165, 1.54) is 0 Å². The molecule has 0 amide bonds. The van der Waals surface area contributed by atoms with Crippen molar-refractivity contribution < 1.29 is 14.0 Å². The SMILES string of the molecule is B1[C-]=CC=CO1.B1[C-]=CC=CO1.B1[C-]=CC=CO1.[P+3]. The van der Waals surface area contributed by atoms with Gasteiger partial charge in [-0.05, 0) is 18.8 Å². The molecule has 3 rings (SSSR count). The van der Waals surface area contributed by atoms with Crippen LogP contribution in [-0.4, -0.2) is 22.4 Å². The molecule has 0 aliphatic carbocycles. The van der Waals surface area contributed by atoms with Crippen molar-refractivity contribution in [2.24, 2.45) is 0 Å². The van der Waals surface area contributed by atoms with E-state index >= 15 is 0 Å². The van der Waals surface area contributed by atoms with Gasteiger partial charge in [0.25, 0.3) is 22.4 Å². The number of rotatable bonds is 0. The average Bonchev–Trinajstić information content (AvgIpc) is 2.54. The summed E-state index contributed by atoms with van der Waals surface area (Å²) in [7, 11) is 1.82. The number of allylic oxidation sites excluding steroid dienone is 6. The van der Waals surface area contributed by atoms with Gasteiger partial charge < -0.3 is 14.0 Å². The third-order valence-electron chi connectivity index (χ3n) is 1.67. The molecule has 0 spiro atoms. The molecule has 0 fully saturated rings. The van der Waals surface area contributed by atoms with Crippen molar-refractivity contribution in [3.8, 4) is 0 Å². The van der Waals surface area contributed by atoms with Gasteiger partial charge in [-0.25, -0.2) is 18.2 Å². The second-order valence-corrected chi connectivity index (χ2v) is 3.03. The molecule has 0 aromatic carbocycles. The predicted molar refractivity (Wildman–Crippen MR) is 82.5 cm³/mol. The van der Waals surface area contributed by atoms with Gasteiger partial charge in [0, 0.05) is 0 Å². The van der Waals surface area contributed by atoms with Gasteiger partial charge in [0.1, 0.15) is 0 Å². The molecule has 0 aromatic rings. The Balaban J connectivity index is 0.000000249. The molecule has 0 atom stereocenters. The first-order chi connectivity index (χ1) is 9.00. The van der Waals surface area contributed by atoms with Gasteiger partial charge in [-0.1, -0.05) is 0 Å². The van der Waals surface area contributed by atoms with Crippen LogP contribution in [0, 0.1) is 17.9 Å². The molecule has 0 saturated heterocycles. The van der Waals surface area contributed by atoms with E-state index in [0.29, 0.717) is 22.4 Å². The Morgan fingerprint density at radius 1 is 0.579 bits per heavy atom. The van der Waals surface area contributed by atoms with Crippen LogP contribution in [0.2, 0.25) is 0 Å². The van der Waals surface area contributed by atoms with Crippen LogP contribution in [0.15, 0.2) is 55.2 Å². The molecule has 3 aliphatic rings. The van der Waals surface area contributed by atoms with Crippen LogP contribution in [0.3, 0.4) is 0 Å². The summed E-state index contributed by atoms with van der Waals surface area (Å²) in [6.45, 7) is 0. The Kier molecular flexibility index (Phi) is 13.4. The second kappa shape index (κ2) is 14.5. The van der Waals surface area contributed by atoms with Crippen LogP contribution in [0.1, 0.15) is 0 Å². The standard InChI is InChI=1S/3C4H4BO.P/c3*1-2-4-6-5-3-1;/h3*1-2,4-5H;/q3*-1;+3. The topological polar surface area (TPSA) is 27.7 Å². The fourth-order valence-corrected chi connectivity index (χ4v) is 0.922. The minimum atomic E-state index is 0. The zero-order valence-electron chi connectivity index (χ0n) is 10.5. The van der Waals surface area contributed by atoms with Crippen LogP contribution in [-0.2, 0) is 14.0 Å². The molecule has 0 bridgehead atoms. The van der Waals surface area contributed by atoms with E-state index in [9.17, 15) is 0 Å². The molecule has 92 valence electrons. The van der Waals surface area contributed by atoms with E-state index in [0.717, 1.165) is 0 Å². The summed E-state index contributed by atoms with van der Waals surface area (Å²) >= 11 is 0. The van der Waals surface area contributed by atoms with E-state index in [2.05, 4.69) is 17.9 Å². The first-order valence-electron chi connectivity index (χ1n) is 5.50. The Labute approximate surface area is 120 Å². The smallest absolute Gasteiger partial charge is 0.600 e. The maximum atomic E-state index is 4.75. The monoisotopic (exact) mass is 268 g/mol. The molecule has 3 heterocycles. The summed E-state index contributed by atoms with van der Waals surface area (Å²) in [5.74, 6) is 8.55. The van der Waals surface area contributed by atoms with E-state index in [1.54, 1.807) is 18.8 Å². The van der Waals surface area contributed by atoms with Crippen molar-refractivity contribution in [3.63, 3.8) is 0 Å². The number of hydrogen-bond acceptors (Lipinski definition) is 3. The maximum absolute atomic E-state index is 4.75. The molecule has 0 unspecified atom stereocenters. The maximum Gasteiger partial charge on any atom is 3.00 e. The summed E-state index contributed by atoms with van der Waals surface area (Å²) in [6.07, 6.45) is 15.9. The quantitative estimate of drug-likeness (QED) is 0.378. The Bertz CT molecular complexity index is 283. The van der Waals surface area contributed by atoms with E-state index in [-0.39, 0.29) is 9.90 Å². The van der Waals surface area contributed by atoms with E-state index < -0.39 is 0 Å². The zero-order chi connectivity index (χ0) is 12.7. The molecule has 2 radical (unpaired) electrons. The van der Waals surface area contributed by atoms with Gasteiger partial charge in [0.2, 0.25) is 0 Å². The van der Waals surface area contributed by atoms with Crippen LogP contribution in [0.4, 0.5) is 0 Å². The van der Waals surface area contributed by atoms with Gasteiger partial charge in [0.15, 0.2) is 0 Å². The summed E-state index contributed by atoms with van der Waals surface area (Å²) in [6, 6.07) is 0. The summed E-state index contributed by atoms with van der Waals surface area (Å²) in [5, 5.41) is 0. The largest absolute Gasteiger partial charge is 3.00 e. The third kappa shape index (κ3) is 12.7. The molecule has 3 aliphatic heterocycles. The minimum Gasteiger partial charge on any atom is -0.600 e. The van der Waals surface area contributed by atoms with Gasteiger partial charge in [-0.2, -0.15) is 18.2 Å². The Morgan fingerprint density at radius 2 is 0.895 bits per heavy atom. The molecule has 7 heteroatoms. The molecule has 3 nitrogen and oxygen atoms in total. The van der Waals surface area contributed by atoms with E-state index in [4.69, 9.17) is 14.0 Å². The fourth-order valence-electron chi connectivity index (χ4n) is 0.922. The summed E-state index contributed by atoms with van der Waals surface area (Å²) in [4.78, 5) is 0. The van der Waals surface area contributed by atoms with Gasteiger partial charge in [-0.3, -0.25) is 17.9 Å². The van der Waals surface area contributed by atoms with Crippen molar-refractivity contribution in [1.82, 2.24) is 0 Å². The molecule has 0 aromatic heterocycles. The van der Waals surface area contributed by atoms with Crippen molar-refractivity contribution >= 4 is 32.3 Å².